The minimum atomic E-state index is -1.21. The van der Waals surface area contributed by atoms with Gasteiger partial charge in [0.1, 0.15) is 0 Å². The Morgan fingerprint density at radius 1 is 1.43 bits per heavy atom. The van der Waals surface area contributed by atoms with Gasteiger partial charge in [-0.2, -0.15) is 0 Å². The zero-order valence-electron chi connectivity index (χ0n) is 12.5. The Balaban J connectivity index is 2.13. The highest BCUT2D eigenvalue weighted by Gasteiger charge is 2.29. The van der Waals surface area contributed by atoms with E-state index in [9.17, 15) is 9.59 Å². The number of hydrogen-bond acceptors (Lipinski definition) is 4. The lowest BCUT2D eigenvalue weighted by Crippen LogP contribution is -2.40. The van der Waals surface area contributed by atoms with Crippen LogP contribution in [-0.2, 0) is 0 Å². The molecule has 1 aromatic rings. The van der Waals surface area contributed by atoms with E-state index in [0.717, 1.165) is 32.1 Å². The van der Waals surface area contributed by atoms with Crippen LogP contribution in [0.4, 0.5) is 0 Å². The van der Waals surface area contributed by atoms with Gasteiger partial charge in [0.15, 0.2) is 5.69 Å². The highest BCUT2D eigenvalue weighted by molar-refractivity contribution is 5.95. The van der Waals surface area contributed by atoms with Gasteiger partial charge in [-0.05, 0) is 25.2 Å². The molecule has 1 fully saturated rings. The molecule has 0 radical (unpaired) electrons. The van der Waals surface area contributed by atoms with Gasteiger partial charge in [0.25, 0.3) is 5.91 Å². The van der Waals surface area contributed by atoms with E-state index in [-0.39, 0.29) is 23.4 Å². The highest BCUT2D eigenvalue weighted by Crippen LogP contribution is 2.25. The fraction of sp³-hybridized carbons (Fsp3) is 0.667. The summed E-state index contributed by atoms with van der Waals surface area (Å²) in [5.41, 5.74) is 0.0862. The molecule has 1 aliphatic carbocycles. The predicted molar refractivity (Wildman–Crippen MR) is 76.2 cm³/mol. The first-order chi connectivity index (χ1) is 9.99. The summed E-state index contributed by atoms with van der Waals surface area (Å²) in [5, 5.41) is 12.5. The minimum absolute atomic E-state index is 0.0862. The van der Waals surface area contributed by atoms with Crippen molar-refractivity contribution in [2.45, 2.75) is 52.0 Å². The lowest BCUT2D eigenvalue weighted by atomic mass is 10.1. The monoisotopic (exact) mass is 294 g/mol. The molecule has 0 unspecified atom stereocenters. The van der Waals surface area contributed by atoms with Crippen molar-refractivity contribution in [3.63, 3.8) is 0 Å². The smallest absolute Gasteiger partial charge is 0.374 e. The summed E-state index contributed by atoms with van der Waals surface area (Å²) in [7, 11) is 0. The van der Waals surface area contributed by atoms with Gasteiger partial charge in [0.05, 0.1) is 0 Å². The van der Waals surface area contributed by atoms with E-state index in [4.69, 9.17) is 5.11 Å². The number of carbonyl (C=O) groups is 2. The van der Waals surface area contributed by atoms with Crippen LogP contribution >= 0.6 is 0 Å². The van der Waals surface area contributed by atoms with Gasteiger partial charge in [-0.25, -0.2) is 4.79 Å². The van der Waals surface area contributed by atoms with Crippen molar-refractivity contribution < 1.29 is 19.2 Å². The van der Waals surface area contributed by atoms with Crippen LogP contribution < -0.4 is 0 Å². The Hall–Kier alpha value is -1.85. The molecular formula is C15H22N2O4. The molecule has 0 spiro atoms. The van der Waals surface area contributed by atoms with Gasteiger partial charge >= 0.3 is 5.97 Å². The predicted octanol–water partition coefficient (Wildman–Crippen LogP) is 2.80. The number of carboxylic acids is 1. The van der Waals surface area contributed by atoms with Crippen LogP contribution in [0.1, 0.15) is 67.0 Å². The molecule has 1 N–H and O–H groups in total. The average Bonchev–Trinajstić information content (AvgIpc) is 3.09. The van der Waals surface area contributed by atoms with Crippen LogP contribution in [-0.4, -0.2) is 39.6 Å². The van der Waals surface area contributed by atoms with Gasteiger partial charge in [-0.15, -0.1) is 0 Å². The molecule has 1 saturated carbocycles. The van der Waals surface area contributed by atoms with Crippen LogP contribution in [0.25, 0.3) is 0 Å². The number of aromatic nitrogens is 1. The normalized spacial score (nSPS) is 15.6. The number of carbonyl (C=O) groups excluding carboxylic acids is 1. The highest BCUT2D eigenvalue weighted by atomic mass is 16.5. The maximum absolute atomic E-state index is 12.6. The summed E-state index contributed by atoms with van der Waals surface area (Å²) < 4.78 is 4.69. The molecule has 116 valence electrons. The van der Waals surface area contributed by atoms with Gasteiger partial charge in [-0.1, -0.05) is 31.8 Å². The van der Waals surface area contributed by atoms with Gasteiger partial charge in [0, 0.05) is 18.7 Å². The zero-order chi connectivity index (χ0) is 15.4. The topological polar surface area (TPSA) is 83.6 Å². The molecular weight excluding hydrogens is 272 g/mol. The molecule has 1 aromatic heterocycles. The molecule has 6 nitrogen and oxygen atoms in total. The number of hydrogen-bond donors (Lipinski definition) is 1. The summed E-state index contributed by atoms with van der Waals surface area (Å²) in [6, 6.07) is 1.45. The van der Waals surface area contributed by atoms with Crippen molar-refractivity contribution in [2.24, 2.45) is 5.92 Å². The van der Waals surface area contributed by atoms with E-state index < -0.39 is 5.97 Å². The fourth-order valence-corrected chi connectivity index (χ4v) is 2.69. The Kier molecular flexibility index (Phi) is 4.98. The fourth-order valence-electron chi connectivity index (χ4n) is 2.69. The average molecular weight is 294 g/mol. The van der Waals surface area contributed by atoms with E-state index in [1.165, 1.54) is 6.07 Å². The van der Waals surface area contributed by atoms with E-state index in [1.807, 2.05) is 4.90 Å². The second-order valence-corrected chi connectivity index (χ2v) is 6.00. The molecule has 0 aromatic carbocycles. The van der Waals surface area contributed by atoms with Crippen LogP contribution in [0.15, 0.2) is 10.6 Å². The lowest BCUT2D eigenvalue weighted by molar-refractivity contribution is 0.0637. The zero-order valence-corrected chi connectivity index (χ0v) is 12.5. The van der Waals surface area contributed by atoms with Crippen molar-refractivity contribution in [2.75, 3.05) is 6.54 Å². The summed E-state index contributed by atoms with van der Waals surface area (Å²) in [4.78, 5) is 25.3. The lowest BCUT2D eigenvalue weighted by Gasteiger charge is -2.29. The molecule has 1 heterocycles. The van der Waals surface area contributed by atoms with Crippen molar-refractivity contribution in [3.8, 4) is 0 Å². The molecule has 1 aliphatic rings. The maximum atomic E-state index is 12.6. The van der Waals surface area contributed by atoms with Crippen LogP contribution in [0, 0.1) is 5.92 Å². The number of aromatic carboxylic acids is 1. The van der Waals surface area contributed by atoms with Crippen LogP contribution in [0.3, 0.4) is 0 Å². The van der Waals surface area contributed by atoms with Gasteiger partial charge < -0.3 is 14.5 Å². The van der Waals surface area contributed by atoms with E-state index in [0.29, 0.717) is 12.5 Å². The third-order valence-corrected chi connectivity index (χ3v) is 3.91. The molecule has 1 amide bonds. The molecule has 2 rings (SSSR count). The quantitative estimate of drug-likeness (QED) is 0.872. The maximum Gasteiger partial charge on any atom is 0.374 e. The van der Waals surface area contributed by atoms with E-state index >= 15 is 0 Å². The number of rotatable bonds is 6. The minimum Gasteiger partial charge on any atom is -0.475 e. The summed E-state index contributed by atoms with van der Waals surface area (Å²) in [6.07, 6.45) is 5.21. The van der Waals surface area contributed by atoms with Crippen molar-refractivity contribution >= 4 is 11.9 Å². The first-order valence-electron chi connectivity index (χ1n) is 7.50. The number of nitrogens with zero attached hydrogens (tertiary/aromatic N) is 2. The van der Waals surface area contributed by atoms with E-state index in [2.05, 4.69) is 23.5 Å². The first-order valence-corrected chi connectivity index (χ1v) is 7.50. The summed E-state index contributed by atoms with van der Waals surface area (Å²) >= 11 is 0. The van der Waals surface area contributed by atoms with Crippen molar-refractivity contribution in [1.29, 1.82) is 0 Å². The van der Waals surface area contributed by atoms with E-state index in [1.54, 1.807) is 0 Å². The van der Waals surface area contributed by atoms with Crippen LogP contribution in [0.5, 0.6) is 0 Å². The molecule has 0 atom stereocenters. The molecule has 21 heavy (non-hydrogen) atoms. The molecule has 6 heteroatoms. The Morgan fingerprint density at radius 3 is 2.62 bits per heavy atom. The number of amides is 1. The molecule has 0 bridgehead atoms. The summed E-state index contributed by atoms with van der Waals surface area (Å²) in [5.74, 6) is -1.22. The second kappa shape index (κ2) is 6.74. The second-order valence-electron chi connectivity index (χ2n) is 6.00. The molecule has 0 saturated heterocycles. The van der Waals surface area contributed by atoms with Crippen molar-refractivity contribution in [3.05, 3.63) is 17.5 Å². The van der Waals surface area contributed by atoms with Gasteiger partial charge in [0.2, 0.25) is 5.76 Å². The van der Waals surface area contributed by atoms with Crippen LogP contribution in [0.2, 0.25) is 0 Å². The largest absolute Gasteiger partial charge is 0.475 e. The SMILES string of the molecule is CC(C)CCN(C(=O)c1cc(C(=O)O)on1)C1CCCC1. The Labute approximate surface area is 124 Å². The summed E-state index contributed by atoms with van der Waals surface area (Å²) in [6.45, 7) is 4.92. The molecule has 0 aliphatic heterocycles. The van der Waals surface area contributed by atoms with Gasteiger partial charge in [-0.3, -0.25) is 4.79 Å². The third kappa shape index (κ3) is 3.83. The Morgan fingerprint density at radius 2 is 2.10 bits per heavy atom. The third-order valence-electron chi connectivity index (χ3n) is 3.91. The Bertz CT molecular complexity index is 504. The standard InChI is InChI=1S/C15H22N2O4/c1-10(2)7-8-17(11-5-3-4-6-11)14(18)12-9-13(15(19)20)21-16-12/h9-11H,3-8H2,1-2H3,(H,19,20). The number of carboxylic acid groups (broad SMARTS) is 1. The van der Waals surface area contributed by atoms with Crippen molar-refractivity contribution in [1.82, 2.24) is 10.1 Å². The first kappa shape index (κ1) is 15.5.